The summed E-state index contributed by atoms with van der Waals surface area (Å²) in [5.74, 6) is 1.47. The van der Waals surface area contributed by atoms with E-state index in [1.165, 1.54) is 0 Å². The van der Waals surface area contributed by atoms with Crippen molar-refractivity contribution in [2.24, 2.45) is 0 Å². The molecule has 4 nitrogen and oxygen atoms in total. The lowest BCUT2D eigenvalue weighted by atomic mass is 10.2. The SMILES string of the molecule is CC(C)(C)Oc1ccc(Nc2cccc(C#N)n2)cc1. The van der Waals surface area contributed by atoms with E-state index in [2.05, 4.69) is 10.3 Å². The van der Waals surface area contributed by atoms with Crippen LogP contribution in [0.1, 0.15) is 26.5 Å². The van der Waals surface area contributed by atoms with Crippen molar-refractivity contribution in [3.8, 4) is 11.8 Å². The van der Waals surface area contributed by atoms with Crippen molar-refractivity contribution < 1.29 is 4.74 Å². The van der Waals surface area contributed by atoms with Crippen LogP contribution in [0.25, 0.3) is 0 Å². The Morgan fingerprint density at radius 3 is 2.40 bits per heavy atom. The van der Waals surface area contributed by atoms with E-state index >= 15 is 0 Å². The third kappa shape index (κ3) is 3.99. The molecule has 0 saturated heterocycles. The standard InChI is InChI=1S/C16H17N3O/c1-16(2,3)20-14-9-7-12(8-10-14)18-15-6-4-5-13(11-17)19-15/h4-10H,1-3H3,(H,18,19). The Morgan fingerprint density at radius 1 is 1.10 bits per heavy atom. The second kappa shape index (κ2) is 5.62. The van der Waals surface area contributed by atoms with E-state index in [9.17, 15) is 0 Å². The number of nitriles is 1. The Kier molecular flexibility index (Phi) is 3.90. The van der Waals surface area contributed by atoms with Gasteiger partial charge < -0.3 is 10.1 Å². The Hall–Kier alpha value is -2.54. The fraction of sp³-hybridized carbons (Fsp3) is 0.250. The molecule has 1 aromatic carbocycles. The molecule has 102 valence electrons. The van der Waals surface area contributed by atoms with Crippen LogP contribution in [-0.4, -0.2) is 10.6 Å². The number of nitrogens with zero attached hydrogens (tertiary/aromatic N) is 2. The summed E-state index contributed by atoms with van der Waals surface area (Å²) in [6.07, 6.45) is 0. The highest BCUT2D eigenvalue weighted by Gasteiger charge is 2.11. The molecule has 0 aliphatic heterocycles. The minimum Gasteiger partial charge on any atom is -0.488 e. The van der Waals surface area contributed by atoms with Crippen LogP contribution in [0.4, 0.5) is 11.5 Å². The third-order valence-corrected chi connectivity index (χ3v) is 2.41. The number of hydrogen-bond donors (Lipinski definition) is 1. The zero-order chi connectivity index (χ0) is 14.6. The molecule has 2 rings (SSSR count). The molecule has 0 fully saturated rings. The number of pyridine rings is 1. The molecule has 1 aromatic heterocycles. The maximum atomic E-state index is 8.82. The van der Waals surface area contributed by atoms with Crippen LogP contribution in [0.15, 0.2) is 42.5 Å². The first-order chi connectivity index (χ1) is 9.46. The van der Waals surface area contributed by atoms with E-state index in [0.29, 0.717) is 11.5 Å². The molecule has 0 spiro atoms. The van der Waals surface area contributed by atoms with Crippen molar-refractivity contribution in [1.82, 2.24) is 4.98 Å². The Morgan fingerprint density at radius 2 is 1.80 bits per heavy atom. The van der Waals surface area contributed by atoms with Gasteiger partial charge in [-0.25, -0.2) is 4.98 Å². The van der Waals surface area contributed by atoms with Gasteiger partial charge in [0.05, 0.1) is 0 Å². The fourth-order valence-corrected chi connectivity index (χ4v) is 1.67. The summed E-state index contributed by atoms with van der Waals surface area (Å²) < 4.78 is 5.76. The molecule has 0 radical (unpaired) electrons. The van der Waals surface area contributed by atoms with E-state index in [1.54, 1.807) is 12.1 Å². The van der Waals surface area contributed by atoms with Gasteiger partial charge in [0.25, 0.3) is 0 Å². The van der Waals surface area contributed by atoms with Gasteiger partial charge in [-0.1, -0.05) is 6.07 Å². The smallest absolute Gasteiger partial charge is 0.142 e. The second-order valence-electron chi connectivity index (χ2n) is 5.38. The molecule has 0 amide bonds. The molecular weight excluding hydrogens is 250 g/mol. The van der Waals surface area contributed by atoms with Crippen LogP contribution in [-0.2, 0) is 0 Å². The summed E-state index contributed by atoms with van der Waals surface area (Å²) in [6, 6.07) is 15.0. The topological polar surface area (TPSA) is 57.9 Å². The number of aromatic nitrogens is 1. The quantitative estimate of drug-likeness (QED) is 0.917. The molecule has 1 N–H and O–H groups in total. The van der Waals surface area contributed by atoms with Gasteiger partial charge in [0.1, 0.15) is 28.9 Å². The number of ether oxygens (including phenoxy) is 1. The van der Waals surface area contributed by atoms with Gasteiger partial charge in [-0.15, -0.1) is 0 Å². The minimum atomic E-state index is -0.211. The molecule has 0 saturated carbocycles. The number of benzene rings is 1. The van der Waals surface area contributed by atoms with Crippen LogP contribution in [0, 0.1) is 11.3 Å². The highest BCUT2D eigenvalue weighted by Crippen LogP contribution is 2.22. The van der Waals surface area contributed by atoms with Crippen LogP contribution in [0.5, 0.6) is 5.75 Å². The summed E-state index contributed by atoms with van der Waals surface area (Å²) in [5, 5.41) is 12.0. The van der Waals surface area contributed by atoms with E-state index in [4.69, 9.17) is 10.00 Å². The molecule has 2 aromatic rings. The summed E-state index contributed by atoms with van der Waals surface area (Å²) in [6.45, 7) is 6.03. The Balaban J connectivity index is 2.09. The first kappa shape index (κ1) is 13.9. The lowest BCUT2D eigenvalue weighted by molar-refractivity contribution is 0.131. The van der Waals surface area contributed by atoms with Crippen LogP contribution < -0.4 is 10.1 Å². The van der Waals surface area contributed by atoms with E-state index in [-0.39, 0.29) is 5.60 Å². The average molecular weight is 267 g/mol. The number of anilines is 2. The number of hydrogen-bond acceptors (Lipinski definition) is 4. The summed E-state index contributed by atoms with van der Waals surface area (Å²) in [7, 11) is 0. The van der Waals surface area contributed by atoms with Gasteiger partial charge in [0.15, 0.2) is 0 Å². The van der Waals surface area contributed by atoms with Gasteiger partial charge in [-0.3, -0.25) is 0 Å². The van der Waals surface area contributed by atoms with Crippen molar-refractivity contribution >= 4 is 11.5 Å². The molecule has 20 heavy (non-hydrogen) atoms. The van der Waals surface area contributed by atoms with Crippen molar-refractivity contribution in [2.45, 2.75) is 26.4 Å². The van der Waals surface area contributed by atoms with Gasteiger partial charge in [-0.2, -0.15) is 5.26 Å². The molecule has 0 atom stereocenters. The first-order valence-corrected chi connectivity index (χ1v) is 6.39. The predicted octanol–water partition coefficient (Wildman–Crippen LogP) is 3.87. The predicted molar refractivity (Wildman–Crippen MR) is 79.1 cm³/mol. The molecule has 0 aliphatic carbocycles. The van der Waals surface area contributed by atoms with Gasteiger partial charge in [0.2, 0.25) is 0 Å². The van der Waals surface area contributed by atoms with E-state index < -0.39 is 0 Å². The third-order valence-electron chi connectivity index (χ3n) is 2.41. The normalized spacial score (nSPS) is 10.7. The molecular formula is C16H17N3O. The highest BCUT2D eigenvalue weighted by atomic mass is 16.5. The van der Waals surface area contributed by atoms with Crippen LogP contribution in [0.2, 0.25) is 0 Å². The van der Waals surface area contributed by atoms with Crippen molar-refractivity contribution in [2.75, 3.05) is 5.32 Å². The van der Waals surface area contributed by atoms with Crippen LogP contribution >= 0.6 is 0 Å². The lowest BCUT2D eigenvalue weighted by Crippen LogP contribution is -2.22. The number of nitrogens with one attached hydrogen (secondary N) is 1. The summed E-state index contributed by atoms with van der Waals surface area (Å²) >= 11 is 0. The molecule has 0 unspecified atom stereocenters. The lowest BCUT2D eigenvalue weighted by Gasteiger charge is -2.21. The van der Waals surface area contributed by atoms with Gasteiger partial charge in [-0.05, 0) is 57.2 Å². The second-order valence-corrected chi connectivity index (χ2v) is 5.38. The summed E-state index contributed by atoms with van der Waals surface area (Å²) in [4.78, 5) is 4.16. The van der Waals surface area contributed by atoms with E-state index in [0.717, 1.165) is 11.4 Å². The fourth-order valence-electron chi connectivity index (χ4n) is 1.67. The average Bonchev–Trinajstić information content (AvgIpc) is 2.40. The van der Waals surface area contributed by atoms with Crippen molar-refractivity contribution in [1.29, 1.82) is 5.26 Å². The van der Waals surface area contributed by atoms with Gasteiger partial charge in [0, 0.05) is 5.69 Å². The molecule has 1 heterocycles. The van der Waals surface area contributed by atoms with Crippen LogP contribution in [0.3, 0.4) is 0 Å². The largest absolute Gasteiger partial charge is 0.488 e. The highest BCUT2D eigenvalue weighted by molar-refractivity contribution is 5.57. The Labute approximate surface area is 119 Å². The maximum absolute atomic E-state index is 8.82. The number of rotatable bonds is 3. The van der Waals surface area contributed by atoms with Gasteiger partial charge >= 0.3 is 0 Å². The molecule has 0 aliphatic rings. The maximum Gasteiger partial charge on any atom is 0.142 e. The van der Waals surface area contributed by atoms with Crippen molar-refractivity contribution in [3.05, 3.63) is 48.2 Å². The first-order valence-electron chi connectivity index (χ1n) is 6.39. The molecule has 4 heteroatoms. The Bertz CT molecular complexity index is 621. The van der Waals surface area contributed by atoms with Crippen molar-refractivity contribution in [3.63, 3.8) is 0 Å². The zero-order valence-corrected chi connectivity index (χ0v) is 11.8. The van der Waals surface area contributed by atoms with E-state index in [1.807, 2.05) is 57.2 Å². The molecule has 0 bridgehead atoms. The minimum absolute atomic E-state index is 0.211. The zero-order valence-electron chi connectivity index (χ0n) is 11.8. The monoisotopic (exact) mass is 267 g/mol. The summed E-state index contributed by atoms with van der Waals surface area (Å²) in [5.41, 5.74) is 1.08.